The van der Waals surface area contributed by atoms with Gasteiger partial charge in [0.1, 0.15) is 12.2 Å². The highest BCUT2D eigenvalue weighted by atomic mass is 32.2. The Kier molecular flexibility index (Phi) is 8.14. The molecule has 0 saturated heterocycles. The molecule has 1 atom stereocenters. The molecule has 0 aliphatic carbocycles. The summed E-state index contributed by atoms with van der Waals surface area (Å²) in [5, 5.41) is 7.95. The minimum atomic E-state index is 0.382. The zero-order valence-electron chi connectivity index (χ0n) is 12.7. The van der Waals surface area contributed by atoms with Gasteiger partial charge in [0.2, 0.25) is 0 Å². The molecule has 1 heterocycles. The first-order valence-electron chi connectivity index (χ1n) is 7.38. The SMILES string of the molecule is CCCNC(CSCCC)Cc1ncnn1C(C)C. The van der Waals surface area contributed by atoms with Crippen LogP contribution in [0, 0.1) is 0 Å². The third-order valence-electron chi connectivity index (χ3n) is 2.92. The van der Waals surface area contributed by atoms with Gasteiger partial charge in [-0.3, -0.25) is 0 Å². The van der Waals surface area contributed by atoms with Crippen molar-refractivity contribution in [3.05, 3.63) is 12.2 Å². The second kappa shape index (κ2) is 9.37. The quantitative estimate of drug-likeness (QED) is 0.671. The Labute approximate surface area is 121 Å². The molecule has 0 radical (unpaired) electrons. The zero-order chi connectivity index (χ0) is 14.1. The molecule has 0 bridgehead atoms. The van der Waals surface area contributed by atoms with Crippen molar-refractivity contribution in [3.8, 4) is 0 Å². The molecule has 19 heavy (non-hydrogen) atoms. The summed E-state index contributed by atoms with van der Waals surface area (Å²) in [5.74, 6) is 3.49. The molecular formula is C14H28N4S. The molecule has 0 aliphatic rings. The summed E-state index contributed by atoms with van der Waals surface area (Å²) in [6.45, 7) is 9.82. The van der Waals surface area contributed by atoms with Crippen molar-refractivity contribution in [2.45, 2.75) is 59.0 Å². The lowest BCUT2D eigenvalue weighted by Gasteiger charge is -2.19. The van der Waals surface area contributed by atoms with Crippen molar-refractivity contribution in [2.75, 3.05) is 18.1 Å². The standard InChI is InChI=1S/C14H28N4S/c1-5-7-15-13(10-19-8-6-2)9-14-16-11-17-18(14)12(3)4/h11-13,15H,5-10H2,1-4H3. The maximum absolute atomic E-state index is 4.42. The number of nitrogens with one attached hydrogen (secondary N) is 1. The maximum atomic E-state index is 4.42. The van der Waals surface area contributed by atoms with Crippen LogP contribution in [0.2, 0.25) is 0 Å². The molecule has 0 aromatic carbocycles. The fourth-order valence-electron chi connectivity index (χ4n) is 1.98. The van der Waals surface area contributed by atoms with Crippen molar-refractivity contribution < 1.29 is 0 Å². The van der Waals surface area contributed by atoms with Crippen LogP contribution in [0.4, 0.5) is 0 Å². The van der Waals surface area contributed by atoms with Gasteiger partial charge in [-0.25, -0.2) is 9.67 Å². The first-order valence-corrected chi connectivity index (χ1v) is 8.54. The monoisotopic (exact) mass is 284 g/mol. The highest BCUT2D eigenvalue weighted by Crippen LogP contribution is 2.11. The van der Waals surface area contributed by atoms with E-state index >= 15 is 0 Å². The van der Waals surface area contributed by atoms with E-state index in [-0.39, 0.29) is 0 Å². The number of aromatic nitrogens is 3. The topological polar surface area (TPSA) is 42.7 Å². The summed E-state index contributed by atoms with van der Waals surface area (Å²) >= 11 is 2.03. The van der Waals surface area contributed by atoms with Crippen LogP contribution in [0.3, 0.4) is 0 Å². The molecule has 0 aliphatic heterocycles. The minimum Gasteiger partial charge on any atom is -0.313 e. The number of nitrogens with zero attached hydrogens (tertiary/aromatic N) is 3. The zero-order valence-corrected chi connectivity index (χ0v) is 13.5. The maximum Gasteiger partial charge on any atom is 0.138 e. The highest BCUT2D eigenvalue weighted by Gasteiger charge is 2.14. The molecule has 1 unspecified atom stereocenters. The van der Waals surface area contributed by atoms with Gasteiger partial charge in [-0.1, -0.05) is 13.8 Å². The Bertz CT molecular complexity index is 338. The molecule has 0 amide bonds. The minimum absolute atomic E-state index is 0.382. The average molecular weight is 284 g/mol. The predicted octanol–water partition coefficient (Wildman–Crippen LogP) is 2.91. The fourth-order valence-corrected chi connectivity index (χ4v) is 2.96. The predicted molar refractivity (Wildman–Crippen MR) is 83.8 cm³/mol. The number of hydrogen-bond acceptors (Lipinski definition) is 4. The van der Waals surface area contributed by atoms with Gasteiger partial charge in [0, 0.05) is 24.3 Å². The van der Waals surface area contributed by atoms with Gasteiger partial charge in [-0.05, 0) is 39.0 Å². The molecule has 5 heteroatoms. The van der Waals surface area contributed by atoms with E-state index in [9.17, 15) is 0 Å². The lowest BCUT2D eigenvalue weighted by atomic mass is 10.2. The van der Waals surface area contributed by atoms with Crippen molar-refractivity contribution >= 4 is 11.8 Å². The molecule has 1 rings (SSSR count). The van der Waals surface area contributed by atoms with Gasteiger partial charge in [-0.15, -0.1) is 0 Å². The van der Waals surface area contributed by atoms with Gasteiger partial charge in [0.05, 0.1) is 0 Å². The van der Waals surface area contributed by atoms with Crippen molar-refractivity contribution in [3.63, 3.8) is 0 Å². The normalized spacial score (nSPS) is 13.1. The molecular weight excluding hydrogens is 256 g/mol. The summed E-state index contributed by atoms with van der Waals surface area (Å²) in [6, 6.07) is 0.880. The van der Waals surface area contributed by atoms with Crippen LogP contribution in [-0.2, 0) is 6.42 Å². The second-order valence-electron chi connectivity index (χ2n) is 5.14. The summed E-state index contributed by atoms with van der Waals surface area (Å²) in [5.41, 5.74) is 0. The summed E-state index contributed by atoms with van der Waals surface area (Å²) < 4.78 is 2.03. The summed E-state index contributed by atoms with van der Waals surface area (Å²) in [6.07, 6.45) is 5.06. The molecule has 4 nitrogen and oxygen atoms in total. The van der Waals surface area contributed by atoms with E-state index in [1.807, 2.05) is 16.4 Å². The number of hydrogen-bond donors (Lipinski definition) is 1. The van der Waals surface area contributed by atoms with E-state index in [0.29, 0.717) is 12.1 Å². The Morgan fingerprint density at radius 3 is 2.74 bits per heavy atom. The fraction of sp³-hybridized carbons (Fsp3) is 0.857. The van der Waals surface area contributed by atoms with Crippen molar-refractivity contribution in [1.82, 2.24) is 20.1 Å². The number of thioether (sulfide) groups is 1. The molecule has 0 fully saturated rings. The van der Waals surface area contributed by atoms with Crippen LogP contribution >= 0.6 is 11.8 Å². The van der Waals surface area contributed by atoms with E-state index in [4.69, 9.17) is 0 Å². The van der Waals surface area contributed by atoms with E-state index in [1.54, 1.807) is 6.33 Å². The Morgan fingerprint density at radius 1 is 1.32 bits per heavy atom. The Balaban J connectivity index is 2.56. The summed E-state index contributed by atoms with van der Waals surface area (Å²) in [7, 11) is 0. The van der Waals surface area contributed by atoms with E-state index in [1.165, 1.54) is 18.6 Å². The number of rotatable bonds is 10. The van der Waals surface area contributed by atoms with Crippen molar-refractivity contribution in [2.24, 2.45) is 0 Å². The lowest BCUT2D eigenvalue weighted by molar-refractivity contribution is 0.472. The highest BCUT2D eigenvalue weighted by molar-refractivity contribution is 7.99. The molecule has 110 valence electrons. The van der Waals surface area contributed by atoms with Crippen LogP contribution in [0.1, 0.15) is 52.4 Å². The van der Waals surface area contributed by atoms with E-state index < -0.39 is 0 Å². The molecule has 1 aromatic heterocycles. The van der Waals surface area contributed by atoms with Gasteiger partial charge in [-0.2, -0.15) is 16.9 Å². The first kappa shape index (κ1) is 16.5. The molecule has 0 spiro atoms. The molecule has 1 aromatic rings. The largest absolute Gasteiger partial charge is 0.313 e. The lowest BCUT2D eigenvalue weighted by Crippen LogP contribution is -2.35. The van der Waals surface area contributed by atoms with Crippen molar-refractivity contribution in [1.29, 1.82) is 0 Å². The molecule has 0 saturated carbocycles. The Morgan fingerprint density at radius 2 is 2.11 bits per heavy atom. The van der Waals surface area contributed by atoms with Gasteiger partial charge in [0.15, 0.2) is 0 Å². The average Bonchev–Trinajstić information content (AvgIpc) is 2.84. The van der Waals surface area contributed by atoms with Crippen LogP contribution in [-0.4, -0.2) is 38.9 Å². The third-order valence-corrected chi connectivity index (χ3v) is 4.25. The Hall–Kier alpha value is -0.550. The van der Waals surface area contributed by atoms with Gasteiger partial charge < -0.3 is 5.32 Å². The van der Waals surface area contributed by atoms with E-state index in [0.717, 1.165) is 24.5 Å². The van der Waals surface area contributed by atoms with E-state index in [2.05, 4.69) is 43.1 Å². The van der Waals surface area contributed by atoms with Crippen LogP contribution < -0.4 is 5.32 Å². The van der Waals surface area contributed by atoms with Crippen LogP contribution in [0.15, 0.2) is 6.33 Å². The van der Waals surface area contributed by atoms with Gasteiger partial charge >= 0.3 is 0 Å². The van der Waals surface area contributed by atoms with Crippen LogP contribution in [0.5, 0.6) is 0 Å². The van der Waals surface area contributed by atoms with Crippen LogP contribution in [0.25, 0.3) is 0 Å². The first-order chi connectivity index (χ1) is 9.19. The van der Waals surface area contributed by atoms with Gasteiger partial charge in [0.25, 0.3) is 0 Å². The second-order valence-corrected chi connectivity index (χ2v) is 6.29. The molecule has 1 N–H and O–H groups in total. The summed E-state index contributed by atoms with van der Waals surface area (Å²) in [4.78, 5) is 4.42. The smallest absolute Gasteiger partial charge is 0.138 e. The third kappa shape index (κ3) is 5.95.